The second kappa shape index (κ2) is 5.60. The van der Waals surface area contributed by atoms with Crippen molar-refractivity contribution in [3.63, 3.8) is 0 Å². The number of hydrogen-bond donors (Lipinski definition) is 2. The standard InChI is InChI=1S/C25H34N2S/c1-22-11-17-12-23(21(28)27-20-9-7-19(26)8-10-20)15-24(14-22,25(22,13-17)16-23)18-5-3-2-4-6-18/h2-6,17,19-20H,7-16,26H2,1H3,(H,27,28)/t17?,19?,20?,22-,23?,24+,25?/m1/s1. The van der Waals surface area contributed by atoms with E-state index < -0.39 is 0 Å². The van der Waals surface area contributed by atoms with Crippen molar-refractivity contribution in [1.29, 1.82) is 0 Å². The highest BCUT2D eigenvalue weighted by Gasteiger charge is 2.83. The second-order valence-corrected chi connectivity index (χ2v) is 11.9. The molecule has 1 aromatic carbocycles. The van der Waals surface area contributed by atoms with Crippen molar-refractivity contribution in [2.75, 3.05) is 0 Å². The Labute approximate surface area is 175 Å². The SMILES string of the molecule is C[C@]12CC3CC4(C(=S)NC5CCC(N)CC5)CC1(C3)[C@](c1ccccc1)(C4)C2. The first-order valence-corrected chi connectivity index (χ1v) is 11.9. The summed E-state index contributed by atoms with van der Waals surface area (Å²) >= 11 is 6.22. The van der Waals surface area contributed by atoms with Crippen molar-refractivity contribution in [3.8, 4) is 0 Å². The minimum absolute atomic E-state index is 0.238. The van der Waals surface area contributed by atoms with Gasteiger partial charge in [-0.1, -0.05) is 49.5 Å². The van der Waals surface area contributed by atoms with Gasteiger partial charge >= 0.3 is 0 Å². The fourth-order valence-electron chi connectivity index (χ4n) is 9.23. The quantitative estimate of drug-likeness (QED) is 0.700. The second-order valence-electron chi connectivity index (χ2n) is 11.5. The Balaban J connectivity index is 1.34. The Kier molecular flexibility index (Phi) is 3.58. The van der Waals surface area contributed by atoms with Gasteiger partial charge in [0.25, 0.3) is 0 Å². The fourth-order valence-corrected chi connectivity index (χ4v) is 9.62. The van der Waals surface area contributed by atoms with Crippen molar-refractivity contribution in [2.45, 2.75) is 88.6 Å². The molecule has 5 atom stereocenters. The maximum atomic E-state index is 6.22. The molecule has 0 amide bonds. The van der Waals surface area contributed by atoms with Gasteiger partial charge in [0, 0.05) is 22.9 Å². The molecular formula is C25H34N2S. The summed E-state index contributed by atoms with van der Waals surface area (Å²) < 4.78 is 0. The normalized spacial score (nSPS) is 50.9. The van der Waals surface area contributed by atoms with Crippen LogP contribution in [0.15, 0.2) is 30.3 Å². The van der Waals surface area contributed by atoms with E-state index in [4.69, 9.17) is 18.0 Å². The molecule has 2 nitrogen and oxygen atoms in total. The van der Waals surface area contributed by atoms with Crippen molar-refractivity contribution in [1.82, 2.24) is 5.32 Å². The third kappa shape index (κ3) is 2.06. The molecule has 3 heteroatoms. The van der Waals surface area contributed by atoms with Crippen LogP contribution in [0.5, 0.6) is 0 Å². The number of benzene rings is 1. The number of nitrogens with one attached hydrogen (secondary N) is 1. The van der Waals surface area contributed by atoms with Crippen LogP contribution in [-0.4, -0.2) is 17.1 Å². The molecule has 5 fully saturated rings. The first kappa shape index (κ1) is 17.9. The number of hydrogen-bond acceptors (Lipinski definition) is 2. The number of thiocarbonyl (C=S) groups is 1. The smallest absolute Gasteiger partial charge is 0.0818 e. The Hall–Kier alpha value is -0.930. The van der Waals surface area contributed by atoms with Gasteiger partial charge in [-0.05, 0) is 86.5 Å². The van der Waals surface area contributed by atoms with E-state index in [1.165, 1.54) is 56.4 Å². The van der Waals surface area contributed by atoms with Crippen molar-refractivity contribution in [2.24, 2.45) is 27.9 Å². The van der Waals surface area contributed by atoms with Gasteiger partial charge in [0.05, 0.1) is 4.99 Å². The van der Waals surface area contributed by atoms with Crippen LogP contribution >= 0.6 is 12.2 Å². The molecule has 1 aromatic rings. The number of fused-ring (bicyclic) bond motifs is 2. The van der Waals surface area contributed by atoms with Crippen molar-refractivity contribution < 1.29 is 0 Å². The zero-order valence-corrected chi connectivity index (χ0v) is 18.0. The van der Waals surface area contributed by atoms with Gasteiger partial charge < -0.3 is 11.1 Å². The summed E-state index contributed by atoms with van der Waals surface area (Å²) in [6.07, 6.45) is 12.9. The van der Waals surface area contributed by atoms with Crippen LogP contribution in [0.4, 0.5) is 0 Å². The topological polar surface area (TPSA) is 38.0 Å². The summed E-state index contributed by atoms with van der Waals surface area (Å²) in [4.78, 5) is 1.21. The molecule has 5 aliphatic rings. The lowest BCUT2D eigenvalue weighted by Gasteiger charge is -2.66. The van der Waals surface area contributed by atoms with Crippen LogP contribution in [0.25, 0.3) is 0 Å². The average molecular weight is 395 g/mol. The van der Waals surface area contributed by atoms with E-state index in [-0.39, 0.29) is 5.41 Å². The van der Waals surface area contributed by atoms with E-state index >= 15 is 0 Å². The molecule has 1 spiro atoms. The summed E-state index contributed by atoms with van der Waals surface area (Å²) in [5.41, 5.74) is 9.37. The molecule has 3 bridgehead atoms. The number of rotatable bonds is 3. The van der Waals surface area contributed by atoms with Crippen LogP contribution in [-0.2, 0) is 5.41 Å². The molecule has 6 rings (SSSR count). The zero-order valence-electron chi connectivity index (χ0n) is 17.2. The van der Waals surface area contributed by atoms with E-state index in [0.29, 0.717) is 28.3 Å². The van der Waals surface area contributed by atoms with E-state index in [2.05, 4.69) is 42.6 Å². The molecule has 0 aromatic heterocycles. The minimum atomic E-state index is 0.238. The molecule has 150 valence electrons. The van der Waals surface area contributed by atoms with E-state index in [1.807, 2.05) is 0 Å². The minimum Gasteiger partial charge on any atom is -0.376 e. The third-order valence-electron chi connectivity index (χ3n) is 10.0. The molecular weight excluding hydrogens is 360 g/mol. The lowest BCUT2D eigenvalue weighted by atomic mass is 9.38. The summed E-state index contributed by atoms with van der Waals surface area (Å²) in [7, 11) is 0. The van der Waals surface area contributed by atoms with Crippen LogP contribution in [0.3, 0.4) is 0 Å². The van der Waals surface area contributed by atoms with E-state index in [9.17, 15) is 0 Å². The van der Waals surface area contributed by atoms with Gasteiger partial charge in [0.2, 0.25) is 0 Å². The maximum Gasteiger partial charge on any atom is 0.0818 e. The van der Waals surface area contributed by atoms with Crippen molar-refractivity contribution in [3.05, 3.63) is 35.9 Å². The van der Waals surface area contributed by atoms with Gasteiger partial charge in [0.1, 0.15) is 0 Å². The largest absolute Gasteiger partial charge is 0.376 e. The van der Waals surface area contributed by atoms with Gasteiger partial charge in [0.15, 0.2) is 0 Å². The molecule has 0 heterocycles. The molecule has 28 heavy (non-hydrogen) atoms. The highest BCUT2D eigenvalue weighted by molar-refractivity contribution is 7.80. The molecule has 3 unspecified atom stereocenters. The van der Waals surface area contributed by atoms with Gasteiger partial charge in [-0.2, -0.15) is 0 Å². The molecule has 0 saturated heterocycles. The van der Waals surface area contributed by atoms with E-state index in [0.717, 1.165) is 18.8 Å². The summed E-state index contributed by atoms with van der Waals surface area (Å²) in [5, 5.41) is 3.89. The van der Waals surface area contributed by atoms with Crippen LogP contribution in [0.2, 0.25) is 0 Å². The first-order chi connectivity index (χ1) is 13.4. The Morgan fingerprint density at radius 3 is 2.50 bits per heavy atom. The maximum absolute atomic E-state index is 6.22. The lowest BCUT2D eigenvalue weighted by Crippen LogP contribution is -2.61. The van der Waals surface area contributed by atoms with E-state index in [1.54, 1.807) is 5.56 Å². The molecule has 0 radical (unpaired) electrons. The van der Waals surface area contributed by atoms with Crippen LogP contribution in [0.1, 0.15) is 76.7 Å². The molecule has 5 aliphatic carbocycles. The fraction of sp³-hybridized carbons (Fsp3) is 0.720. The zero-order chi connectivity index (χ0) is 19.2. The number of nitrogens with two attached hydrogens (primary N) is 1. The molecule has 3 N–H and O–H groups in total. The summed E-state index contributed by atoms with van der Waals surface area (Å²) in [5.74, 6) is 0.881. The Morgan fingerprint density at radius 2 is 1.75 bits per heavy atom. The summed E-state index contributed by atoms with van der Waals surface area (Å²) in [6, 6.07) is 12.4. The predicted molar refractivity (Wildman–Crippen MR) is 118 cm³/mol. The highest BCUT2D eigenvalue weighted by Crippen LogP contribution is 2.88. The van der Waals surface area contributed by atoms with Crippen LogP contribution < -0.4 is 11.1 Å². The predicted octanol–water partition coefficient (Wildman–Crippen LogP) is 5.10. The average Bonchev–Trinajstić information content (AvgIpc) is 2.97. The van der Waals surface area contributed by atoms with Gasteiger partial charge in [-0.15, -0.1) is 0 Å². The lowest BCUT2D eigenvalue weighted by molar-refractivity contribution is -0.115. The molecule has 0 aliphatic heterocycles. The third-order valence-corrected chi connectivity index (χ3v) is 10.6. The Morgan fingerprint density at radius 1 is 1.00 bits per heavy atom. The summed E-state index contributed by atoms with van der Waals surface area (Å²) in [6.45, 7) is 2.61. The first-order valence-electron chi connectivity index (χ1n) is 11.5. The van der Waals surface area contributed by atoms with Crippen molar-refractivity contribution >= 4 is 17.2 Å². The van der Waals surface area contributed by atoms with Crippen LogP contribution in [0, 0.1) is 22.2 Å². The molecule has 5 saturated carbocycles. The van der Waals surface area contributed by atoms with Gasteiger partial charge in [-0.25, -0.2) is 0 Å². The Bertz CT molecular complexity index is 815. The highest BCUT2D eigenvalue weighted by atomic mass is 32.1. The van der Waals surface area contributed by atoms with Gasteiger partial charge in [-0.3, -0.25) is 0 Å². The monoisotopic (exact) mass is 394 g/mol.